The Morgan fingerprint density at radius 3 is 2.72 bits per heavy atom. The van der Waals surface area contributed by atoms with Gasteiger partial charge in [-0.1, -0.05) is 13.0 Å². The fourth-order valence-corrected chi connectivity index (χ4v) is 4.94. The Bertz CT molecular complexity index is 949. The molecule has 2 aliphatic heterocycles. The lowest BCUT2D eigenvalue weighted by molar-refractivity contribution is -0.141. The van der Waals surface area contributed by atoms with E-state index in [-0.39, 0.29) is 24.4 Å². The van der Waals surface area contributed by atoms with Gasteiger partial charge in [0.15, 0.2) is 0 Å². The van der Waals surface area contributed by atoms with Crippen molar-refractivity contribution in [1.82, 2.24) is 19.4 Å². The van der Waals surface area contributed by atoms with Crippen LogP contribution in [-0.4, -0.2) is 82.8 Å². The smallest absolute Gasteiger partial charge is 0.262 e. The highest BCUT2D eigenvalue weighted by molar-refractivity contribution is 7.12. The first-order valence-corrected chi connectivity index (χ1v) is 12.1. The SMILES string of the molecule is CCC(=O)N(CCN1CCOCC1)CC(=O)N1N=C(c2cccs2)CC1c1cccn1C. The lowest BCUT2D eigenvalue weighted by Gasteiger charge is -2.31. The maximum atomic E-state index is 13.4. The van der Waals surface area contributed by atoms with Crippen molar-refractivity contribution in [3.8, 4) is 0 Å². The number of aromatic nitrogens is 1. The second-order valence-electron chi connectivity index (χ2n) is 8.15. The van der Waals surface area contributed by atoms with Crippen LogP contribution in [0.15, 0.2) is 40.9 Å². The Morgan fingerprint density at radius 1 is 1.25 bits per heavy atom. The summed E-state index contributed by atoms with van der Waals surface area (Å²) >= 11 is 1.63. The average molecular weight is 458 g/mol. The number of hydrogen-bond acceptors (Lipinski definition) is 6. The first kappa shape index (κ1) is 22.7. The van der Waals surface area contributed by atoms with Crippen molar-refractivity contribution in [3.05, 3.63) is 46.4 Å². The number of nitrogens with zero attached hydrogens (tertiary/aromatic N) is 5. The number of hydrogen-bond donors (Lipinski definition) is 0. The summed E-state index contributed by atoms with van der Waals surface area (Å²) in [6.07, 6.45) is 3.03. The number of amides is 2. The Hall–Kier alpha value is -2.49. The van der Waals surface area contributed by atoms with E-state index in [4.69, 9.17) is 9.84 Å². The van der Waals surface area contributed by atoms with Crippen LogP contribution in [0, 0.1) is 0 Å². The molecule has 0 N–H and O–H groups in total. The van der Waals surface area contributed by atoms with Gasteiger partial charge in [0.25, 0.3) is 5.91 Å². The zero-order chi connectivity index (χ0) is 22.5. The summed E-state index contributed by atoms with van der Waals surface area (Å²) in [7, 11) is 1.98. The van der Waals surface area contributed by atoms with Crippen LogP contribution < -0.4 is 0 Å². The number of morpholine rings is 1. The Kier molecular flexibility index (Phi) is 7.39. The van der Waals surface area contributed by atoms with Crippen LogP contribution in [0.5, 0.6) is 0 Å². The van der Waals surface area contributed by atoms with Crippen LogP contribution in [0.25, 0.3) is 0 Å². The number of ether oxygens (including phenoxy) is 1. The molecule has 4 rings (SSSR count). The van der Waals surface area contributed by atoms with Crippen molar-refractivity contribution in [3.63, 3.8) is 0 Å². The summed E-state index contributed by atoms with van der Waals surface area (Å²) in [5.41, 5.74) is 1.96. The maximum Gasteiger partial charge on any atom is 0.262 e. The molecule has 0 aliphatic carbocycles. The highest BCUT2D eigenvalue weighted by Gasteiger charge is 2.35. The first-order chi connectivity index (χ1) is 15.6. The van der Waals surface area contributed by atoms with E-state index in [1.807, 2.05) is 54.4 Å². The predicted molar refractivity (Wildman–Crippen MR) is 125 cm³/mol. The first-order valence-electron chi connectivity index (χ1n) is 11.2. The molecule has 0 saturated carbocycles. The molecule has 4 heterocycles. The summed E-state index contributed by atoms with van der Waals surface area (Å²) < 4.78 is 7.44. The van der Waals surface area contributed by atoms with Crippen molar-refractivity contribution in [1.29, 1.82) is 0 Å². The third kappa shape index (κ3) is 5.11. The van der Waals surface area contributed by atoms with Gasteiger partial charge in [0.2, 0.25) is 5.91 Å². The van der Waals surface area contributed by atoms with E-state index in [1.165, 1.54) is 0 Å². The number of carbonyl (C=O) groups excluding carboxylic acids is 2. The molecule has 2 aliphatic rings. The van der Waals surface area contributed by atoms with Gasteiger partial charge in [-0.15, -0.1) is 11.3 Å². The van der Waals surface area contributed by atoms with Gasteiger partial charge in [0.05, 0.1) is 23.8 Å². The third-order valence-corrected chi connectivity index (χ3v) is 6.99. The molecule has 0 spiro atoms. The van der Waals surface area contributed by atoms with Gasteiger partial charge < -0.3 is 14.2 Å². The third-order valence-electron chi connectivity index (χ3n) is 6.07. The van der Waals surface area contributed by atoms with Gasteiger partial charge in [-0.3, -0.25) is 14.5 Å². The molecular weight excluding hydrogens is 426 g/mol. The molecule has 1 fully saturated rings. The van der Waals surface area contributed by atoms with Crippen molar-refractivity contribution in [2.75, 3.05) is 45.9 Å². The van der Waals surface area contributed by atoms with Gasteiger partial charge >= 0.3 is 0 Å². The van der Waals surface area contributed by atoms with E-state index < -0.39 is 0 Å². The second-order valence-corrected chi connectivity index (χ2v) is 9.10. The van der Waals surface area contributed by atoms with Gasteiger partial charge in [-0.05, 0) is 23.6 Å². The average Bonchev–Trinajstić information content (AvgIpc) is 3.56. The maximum absolute atomic E-state index is 13.4. The minimum Gasteiger partial charge on any atom is -0.379 e. The Balaban J connectivity index is 1.50. The highest BCUT2D eigenvalue weighted by Crippen LogP contribution is 2.33. The number of hydrazone groups is 1. The zero-order valence-electron chi connectivity index (χ0n) is 18.8. The Morgan fingerprint density at radius 2 is 2.06 bits per heavy atom. The van der Waals surface area contributed by atoms with Crippen LogP contribution in [0.1, 0.15) is 36.4 Å². The van der Waals surface area contributed by atoms with E-state index in [0.717, 1.165) is 35.9 Å². The van der Waals surface area contributed by atoms with Crippen LogP contribution in [0.3, 0.4) is 0 Å². The van der Waals surface area contributed by atoms with E-state index in [9.17, 15) is 9.59 Å². The zero-order valence-corrected chi connectivity index (χ0v) is 19.6. The molecule has 2 aromatic rings. The monoisotopic (exact) mass is 457 g/mol. The van der Waals surface area contributed by atoms with Gasteiger partial charge in [-0.25, -0.2) is 5.01 Å². The van der Waals surface area contributed by atoms with Crippen LogP contribution in [0.4, 0.5) is 0 Å². The van der Waals surface area contributed by atoms with E-state index in [1.54, 1.807) is 21.2 Å². The normalized spacial score (nSPS) is 19.2. The van der Waals surface area contributed by atoms with Crippen molar-refractivity contribution < 1.29 is 14.3 Å². The summed E-state index contributed by atoms with van der Waals surface area (Å²) in [4.78, 5) is 31.1. The molecule has 0 radical (unpaired) electrons. The van der Waals surface area contributed by atoms with Gasteiger partial charge in [0.1, 0.15) is 12.6 Å². The molecule has 1 atom stereocenters. The van der Waals surface area contributed by atoms with Gasteiger partial charge in [-0.2, -0.15) is 5.10 Å². The minimum atomic E-state index is -0.169. The predicted octanol–water partition coefficient (Wildman–Crippen LogP) is 2.34. The summed E-state index contributed by atoms with van der Waals surface area (Å²) in [6.45, 7) is 6.30. The Labute approximate surface area is 193 Å². The molecule has 172 valence electrons. The lowest BCUT2D eigenvalue weighted by Crippen LogP contribution is -2.46. The van der Waals surface area contributed by atoms with Crippen molar-refractivity contribution >= 4 is 28.9 Å². The van der Waals surface area contributed by atoms with Crippen LogP contribution in [0.2, 0.25) is 0 Å². The van der Waals surface area contributed by atoms with Crippen molar-refractivity contribution in [2.24, 2.45) is 12.1 Å². The minimum absolute atomic E-state index is 0.0105. The van der Waals surface area contributed by atoms with Crippen LogP contribution in [-0.2, 0) is 21.4 Å². The largest absolute Gasteiger partial charge is 0.379 e. The standard InChI is InChI=1S/C23H31N5O3S/c1-3-22(29)27(10-9-26-11-13-31-14-12-26)17-23(30)28-20(19-6-4-8-25(19)2)16-18(24-28)21-7-5-15-32-21/h4-8,15,20H,3,9-14,16-17H2,1-2H3. The second kappa shape index (κ2) is 10.4. The lowest BCUT2D eigenvalue weighted by atomic mass is 10.1. The highest BCUT2D eigenvalue weighted by atomic mass is 32.1. The molecule has 32 heavy (non-hydrogen) atoms. The fraction of sp³-hybridized carbons (Fsp3) is 0.522. The molecule has 0 aromatic carbocycles. The fourth-order valence-electron chi connectivity index (χ4n) is 4.22. The topological polar surface area (TPSA) is 70.4 Å². The number of aryl methyl sites for hydroxylation is 1. The summed E-state index contributed by atoms with van der Waals surface area (Å²) in [5.74, 6) is -0.157. The summed E-state index contributed by atoms with van der Waals surface area (Å²) in [5, 5.41) is 8.34. The number of carbonyl (C=O) groups is 2. The number of rotatable bonds is 8. The van der Waals surface area contributed by atoms with Gasteiger partial charge in [0, 0.05) is 58.0 Å². The van der Waals surface area contributed by atoms with Crippen LogP contribution >= 0.6 is 11.3 Å². The quantitative estimate of drug-likeness (QED) is 0.610. The number of thiophene rings is 1. The molecule has 1 unspecified atom stereocenters. The van der Waals surface area contributed by atoms with Crippen molar-refractivity contribution in [2.45, 2.75) is 25.8 Å². The molecule has 0 bridgehead atoms. The van der Waals surface area contributed by atoms with E-state index >= 15 is 0 Å². The molecular formula is C23H31N5O3S. The molecule has 2 amide bonds. The molecule has 2 aromatic heterocycles. The van der Waals surface area contributed by atoms with E-state index in [0.29, 0.717) is 32.6 Å². The molecule has 9 heteroatoms. The molecule has 8 nitrogen and oxygen atoms in total. The molecule has 1 saturated heterocycles. The summed E-state index contributed by atoms with van der Waals surface area (Å²) in [6, 6.07) is 7.88. The van der Waals surface area contributed by atoms with E-state index in [2.05, 4.69) is 4.90 Å².